The number of fused-ring (bicyclic) bond motifs is 2. The number of halogens is 4. The molecule has 0 radical (unpaired) electrons. The molecule has 1 atom stereocenters. The van der Waals surface area contributed by atoms with Gasteiger partial charge in [0, 0.05) is 62.8 Å². The number of amides is 6. The van der Waals surface area contributed by atoms with Gasteiger partial charge in [0.05, 0.1) is 35.3 Å². The average Bonchev–Trinajstić information content (AvgIpc) is 4.10. The number of para-hydroxylation sites is 2. The third-order valence-corrected chi connectivity index (χ3v) is 13.8. The van der Waals surface area contributed by atoms with Crippen LogP contribution in [0.25, 0.3) is 22.5 Å². The summed E-state index contributed by atoms with van der Waals surface area (Å²) in [5.74, 6) is -4.51. The number of aromatic nitrogens is 6. The Labute approximate surface area is 427 Å². The lowest BCUT2D eigenvalue weighted by molar-refractivity contribution is 0.101. The second kappa shape index (κ2) is 21.0. The number of urea groups is 2. The summed E-state index contributed by atoms with van der Waals surface area (Å²) in [4.78, 5) is 79.0. The SMILES string of the molecule is CSc1nc(-c2cc(C(=O)Nc3nccs3)ccc2C)c2c(n1)N(c1c(F)cccc1F)C(=O)NC2.Cc1ccc(C(=O)Nc2nccs2)cc1-c1nc(S(C)=O)nc2c1CNC(=O)N2c1c(F)cccc1F. The molecule has 25 heteroatoms. The number of carbonyl (C=O) groups is 4. The van der Waals surface area contributed by atoms with Gasteiger partial charge in [-0.25, -0.2) is 66.9 Å². The highest BCUT2D eigenvalue weighted by Gasteiger charge is 2.36. The predicted molar refractivity (Wildman–Crippen MR) is 270 cm³/mol. The minimum atomic E-state index is -1.70. The van der Waals surface area contributed by atoms with Crippen LogP contribution < -0.4 is 31.1 Å². The Balaban J connectivity index is 0.000000180. The third-order valence-electron chi connectivity index (χ3n) is 11.2. The zero-order valence-corrected chi connectivity index (χ0v) is 41.7. The summed E-state index contributed by atoms with van der Waals surface area (Å²) in [6, 6.07) is 15.2. The van der Waals surface area contributed by atoms with Crippen molar-refractivity contribution in [1.29, 1.82) is 0 Å². The molecule has 0 saturated carbocycles. The Kier molecular flexibility index (Phi) is 14.4. The molecule has 370 valence electrons. The van der Waals surface area contributed by atoms with E-state index in [1.165, 1.54) is 52.8 Å². The average molecular weight is 1070 g/mol. The fourth-order valence-electron chi connectivity index (χ4n) is 7.71. The van der Waals surface area contributed by atoms with Gasteiger partial charge in [-0.2, -0.15) is 0 Å². The number of thioether (sulfide) groups is 1. The van der Waals surface area contributed by atoms with Crippen molar-refractivity contribution in [2.75, 3.05) is 32.9 Å². The van der Waals surface area contributed by atoms with Gasteiger partial charge in [0.2, 0.25) is 5.16 Å². The molecular weight excluding hydrogens is 1030 g/mol. The monoisotopic (exact) mass is 1060 g/mol. The summed E-state index contributed by atoms with van der Waals surface area (Å²) >= 11 is 3.79. The summed E-state index contributed by atoms with van der Waals surface area (Å²) in [6.45, 7) is 3.65. The van der Waals surface area contributed by atoms with Gasteiger partial charge in [0.25, 0.3) is 11.8 Å². The van der Waals surface area contributed by atoms with Crippen molar-refractivity contribution in [1.82, 2.24) is 40.5 Å². The smallest absolute Gasteiger partial charge is 0.328 e. The summed E-state index contributed by atoms with van der Waals surface area (Å²) < 4.78 is 71.3. The van der Waals surface area contributed by atoms with Gasteiger partial charge in [-0.05, 0) is 79.8 Å². The molecule has 2 aliphatic rings. The highest BCUT2D eigenvalue weighted by atomic mass is 32.2. The number of rotatable bonds is 10. The van der Waals surface area contributed by atoms with E-state index in [-0.39, 0.29) is 41.5 Å². The number of carbonyl (C=O) groups excluding carboxylic acids is 4. The van der Waals surface area contributed by atoms with E-state index in [4.69, 9.17) is 0 Å². The Morgan fingerprint density at radius 2 is 1.10 bits per heavy atom. The van der Waals surface area contributed by atoms with Crippen LogP contribution in [0.2, 0.25) is 0 Å². The van der Waals surface area contributed by atoms with Crippen LogP contribution in [0, 0.1) is 37.1 Å². The number of nitrogens with zero attached hydrogens (tertiary/aromatic N) is 8. The number of hydrogen-bond donors (Lipinski definition) is 4. The van der Waals surface area contributed by atoms with Crippen LogP contribution in [0.5, 0.6) is 0 Å². The molecule has 8 aromatic rings. The predicted octanol–water partition coefficient (Wildman–Crippen LogP) is 10.1. The maximum Gasteiger partial charge on any atom is 0.328 e. The van der Waals surface area contributed by atoms with Crippen LogP contribution in [-0.4, -0.2) is 70.5 Å². The first-order chi connectivity index (χ1) is 35.1. The summed E-state index contributed by atoms with van der Waals surface area (Å²) in [7, 11) is -1.70. The molecule has 2 aliphatic heterocycles. The van der Waals surface area contributed by atoms with E-state index in [2.05, 4.69) is 51.2 Å². The van der Waals surface area contributed by atoms with E-state index in [9.17, 15) is 40.9 Å². The van der Waals surface area contributed by atoms with Crippen LogP contribution in [0.4, 0.5) is 60.4 Å². The fourth-order valence-corrected chi connectivity index (χ4v) is 9.55. The number of benzene rings is 4. The lowest BCUT2D eigenvalue weighted by atomic mass is 9.97. The van der Waals surface area contributed by atoms with Gasteiger partial charge in [0.1, 0.15) is 34.6 Å². The number of anilines is 6. The van der Waals surface area contributed by atoms with E-state index >= 15 is 0 Å². The minimum absolute atomic E-state index is 0.0414. The van der Waals surface area contributed by atoms with E-state index in [1.807, 2.05) is 6.92 Å². The maximum absolute atomic E-state index is 14.7. The van der Waals surface area contributed by atoms with Crippen molar-refractivity contribution in [3.8, 4) is 22.5 Å². The van der Waals surface area contributed by atoms with E-state index in [0.29, 0.717) is 54.5 Å². The lowest BCUT2D eigenvalue weighted by Gasteiger charge is -2.30. The van der Waals surface area contributed by atoms with E-state index < -0.39 is 63.4 Å². The number of hydrogen-bond acceptors (Lipinski definition) is 14. The van der Waals surface area contributed by atoms with Crippen molar-refractivity contribution >= 4 is 102 Å². The van der Waals surface area contributed by atoms with Gasteiger partial charge in [-0.15, -0.1) is 22.7 Å². The molecule has 6 heterocycles. The quantitative estimate of drug-likeness (QED) is 0.0572. The Bertz CT molecular complexity index is 3490. The third kappa shape index (κ3) is 10.1. The molecule has 73 heavy (non-hydrogen) atoms. The molecule has 10 rings (SSSR count). The van der Waals surface area contributed by atoms with Crippen LogP contribution in [0.15, 0.2) is 106 Å². The first-order valence-electron chi connectivity index (χ1n) is 21.5. The largest absolute Gasteiger partial charge is 0.333 e. The summed E-state index contributed by atoms with van der Waals surface area (Å²) in [6.07, 6.45) is 6.27. The molecular formula is C48H36F4N12O5S4. The minimum Gasteiger partial charge on any atom is -0.333 e. The molecule has 0 aliphatic carbocycles. The van der Waals surface area contributed by atoms with Gasteiger partial charge >= 0.3 is 12.1 Å². The van der Waals surface area contributed by atoms with Crippen molar-refractivity contribution < 1.29 is 40.9 Å². The molecule has 1 unspecified atom stereocenters. The zero-order valence-electron chi connectivity index (χ0n) is 38.4. The topological polar surface area (TPSA) is 217 Å². The first-order valence-corrected chi connectivity index (χ1v) is 26.0. The van der Waals surface area contributed by atoms with Crippen LogP contribution in [0.3, 0.4) is 0 Å². The fraction of sp³-hybridized carbons (Fsp3) is 0.125. The molecule has 4 aromatic heterocycles. The normalized spacial score (nSPS) is 13.2. The van der Waals surface area contributed by atoms with Crippen molar-refractivity contribution in [3.05, 3.63) is 153 Å². The highest BCUT2D eigenvalue weighted by Crippen LogP contribution is 2.41. The van der Waals surface area contributed by atoms with E-state index in [1.54, 1.807) is 72.7 Å². The molecule has 0 fully saturated rings. The highest BCUT2D eigenvalue weighted by molar-refractivity contribution is 7.98. The molecule has 0 saturated heterocycles. The summed E-state index contributed by atoms with van der Waals surface area (Å²) in [5, 5.41) is 15.3. The Morgan fingerprint density at radius 1 is 0.658 bits per heavy atom. The van der Waals surface area contributed by atoms with Crippen molar-refractivity contribution in [2.45, 2.75) is 37.2 Å². The van der Waals surface area contributed by atoms with Gasteiger partial charge < -0.3 is 10.6 Å². The first kappa shape index (κ1) is 50.0. The number of thiazole rings is 2. The maximum atomic E-state index is 14.7. The zero-order chi connectivity index (χ0) is 51.7. The number of aryl methyl sites for hydroxylation is 2. The van der Waals surface area contributed by atoms with Crippen LogP contribution >= 0.6 is 34.4 Å². The lowest BCUT2D eigenvalue weighted by Crippen LogP contribution is -2.43. The second-order valence-electron chi connectivity index (χ2n) is 15.7. The molecule has 4 N–H and O–H groups in total. The standard InChI is InChI=1S/C24H18F2N6O3S2.C24H18F2N6O2S2/c1-12-6-7-13(21(33)31-22-27-8-9-36-22)10-14(12)18-15-11-28-24(34)32(19-16(25)4-3-5-17(19)26)20(15)30-23(29-18)37(2)35;1-12-6-7-13(21(33)31-22-27-8-9-36-22)10-14(12)18-15-11-28-24(34)32(20(15)30-23(29-18)35-2)19-16(25)4-3-5-17(19)26/h3-10H,11H2,1-2H3,(H,28,34)(H,27,31,33);3-10H,11H2,1-2H3,(H,28,34)(H,27,31,33). The molecule has 4 aromatic carbocycles. The van der Waals surface area contributed by atoms with Gasteiger partial charge in [0.15, 0.2) is 27.1 Å². The van der Waals surface area contributed by atoms with E-state index in [0.717, 1.165) is 45.2 Å². The Hall–Kier alpha value is -8.00. The van der Waals surface area contributed by atoms with Crippen molar-refractivity contribution in [2.24, 2.45) is 0 Å². The summed E-state index contributed by atoms with van der Waals surface area (Å²) in [5.41, 5.74) is 3.74. The van der Waals surface area contributed by atoms with Crippen LogP contribution in [0.1, 0.15) is 43.0 Å². The van der Waals surface area contributed by atoms with Crippen molar-refractivity contribution in [3.63, 3.8) is 0 Å². The van der Waals surface area contributed by atoms with Gasteiger partial charge in [-0.1, -0.05) is 36.0 Å². The molecule has 6 amide bonds. The van der Waals surface area contributed by atoms with Crippen LogP contribution in [-0.2, 0) is 23.9 Å². The molecule has 17 nitrogen and oxygen atoms in total. The second-order valence-corrected chi connectivity index (χ2v) is 19.6. The van der Waals surface area contributed by atoms with Gasteiger partial charge in [-0.3, -0.25) is 24.4 Å². The molecule has 0 spiro atoms. The Morgan fingerprint density at radius 3 is 1.51 bits per heavy atom. The molecule has 0 bridgehead atoms. The number of nitrogens with one attached hydrogen (secondary N) is 4.